The highest BCUT2D eigenvalue weighted by Crippen LogP contribution is 2.33. The predicted molar refractivity (Wildman–Crippen MR) is 85.0 cm³/mol. The highest BCUT2D eigenvalue weighted by atomic mass is 14.3. The summed E-state index contributed by atoms with van der Waals surface area (Å²) in [4.78, 5) is 0. The first-order chi connectivity index (χ1) is 8.37. The Morgan fingerprint density at radius 2 is 0.944 bits per heavy atom. The van der Waals surface area contributed by atoms with Crippen LogP contribution >= 0.6 is 0 Å². The molecule has 0 aliphatic heterocycles. The summed E-state index contributed by atoms with van der Waals surface area (Å²) in [6.07, 6.45) is 6.58. The summed E-state index contributed by atoms with van der Waals surface area (Å²) in [5.41, 5.74) is 6.77. The Labute approximate surface area is 116 Å². The maximum Gasteiger partial charge on any atom is -0.0102 e. The molecule has 0 heterocycles. The average molecular weight is 250 g/mol. The van der Waals surface area contributed by atoms with Crippen LogP contribution in [0.25, 0.3) is 0 Å². The van der Waals surface area contributed by atoms with Gasteiger partial charge in [-0.1, -0.05) is 64.5 Å². The van der Waals surface area contributed by atoms with E-state index in [2.05, 4.69) is 55.4 Å². The van der Waals surface area contributed by atoms with E-state index in [0.29, 0.717) is 5.41 Å². The zero-order chi connectivity index (χ0) is 14.3. The summed E-state index contributed by atoms with van der Waals surface area (Å²) in [7, 11) is 0. The monoisotopic (exact) mass is 250 g/mol. The smallest absolute Gasteiger partial charge is 0.0102 e. The molecule has 0 bridgehead atoms. The second-order valence-electron chi connectivity index (χ2n) is 5.90. The van der Waals surface area contributed by atoms with E-state index in [1.54, 1.807) is 11.1 Å². The molecule has 0 aromatic rings. The summed E-state index contributed by atoms with van der Waals surface area (Å²) in [6, 6.07) is 0. The van der Waals surface area contributed by atoms with E-state index in [9.17, 15) is 0 Å². The maximum atomic E-state index is 2.30. The van der Waals surface area contributed by atoms with Crippen molar-refractivity contribution in [2.45, 2.75) is 87.5 Å². The molecule has 1 rings (SSSR count). The number of hydrogen-bond donors (Lipinski definition) is 0. The van der Waals surface area contributed by atoms with Gasteiger partial charge in [0, 0.05) is 0 Å². The fourth-order valence-electron chi connectivity index (χ4n) is 2.80. The highest BCUT2D eigenvalue weighted by Gasteiger charge is 2.20. The van der Waals surface area contributed by atoms with Gasteiger partial charge in [-0.3, -0.25) is 0 Å². The van der Waals surface area contributed by atoms with Gasteiger partial charge in [-0.25, -0.2) is 0 Å². The Balaban J connectivity index is 0.000000321. The molecule has 0 atom stereocenters. The second kappa shape index (κ2) is 7.81. The molecule has 0 amide bonds. The third kappa shape index (κ3) is 4.30. The van der Waals surface area contributed by atoms with E-state index >= 15 is 0 Å². The summed E-state index contributed by atoms with van der Waals surface area (Å²) in [5, 5.41) is 0. The van der Waals surface area contributed by atoms with Crippen molar-refractivity contribution in [1.29, 1.82) is 0 Å². The summed E-state index contributed by atoms with van der Waals surface area (Å²) in [6.45, 7) is 18.1. The lowest BCUT2D eigenvalue weighted by molar-refractivity contribution is 0.240. The normalized spacial score (nSPS) is 16.0. The summed E-state index contributed by atoms with van der Waals surface area (Å²) >= 11 is 0. The lowest BCUT2D eigenvalue weighted by Crippen LogP contribution is -2.15. The van der Waals surface area contributed by atoms with Gasteiger partial charge in [-0.15, -0.1) is 0 Å². The Hall–Kier alpha value is -0.520. The summed E-state index contributed by atoms with van der Waals surface area (Å²) in [5.74, 6) is 0. The molecule has 1 aliphatic rings. The molecule has 0 fully saturated rings. The Kier molecular flexibility index (Phi) is 7.59. The lowest BCUT2D eigenvalue weighted by Gasteiger charge is -2.28. The van der Waals surface area contributed by atoms with E-state index in [-0.39, 0.29) is 0 Å². The van der Waals surface area contributed by atoms with Gasteiger partial charge in [0.05, 0.1) is 0 Å². The van der Waals surface area contributed by atoms with E-state index < -0.39 is 0 Å². The summed E-state index contributed by atoms with van der Waals surface area (Å²) < 4.78 is 0. The molecule has 0 N–H and O–H groups in total. The lowest BCUT2D eigenvalue weighted by atomic mass is 9.78. The van der Waals surface area contributed by atoms with Crippen LogP contribution in [0.2, 0.25) is 0 Å². The van der Waals surface area contributed by atoms with Crippen molar-refractivity contribution in [2.24, 2.45) is 5.41 Å². The van der Waals surface area contributed by atoms with Gasteiger partial charge in [0.2, 0.25) is 0 Å². The van der Waals surface area contributed by atoms with Crippen molar-refractivity contribution < 1.29 is 0 Å². The fraction of sp³-hybridized carbons (Fsp3) is 0.778. The molecule has 1 aliphatic carbocycles. The van der Waals surface area contributed by atoms with Gasteiger partial charge in [0.1, 0.15) is 0 Å². The second-order valence-corrected chi connectivity index (χ2v) is 5.90. The molecule has 0 aromatic heterocycles. The van der Waals surface area contributed by atoms with E-state index in [1.165, 1.54) is 43.3 Å². The predicted octanol–water partition coefficient (Wildman–Crippen LogP) is 6.68. The minimum absolute atomic E-state index is 0.667. The molecular formula is C18H34. The Morgan fingerprint density at radius 3 is 1.00 bits per heavy atom. The first kappa shape index (κ1) is 17.5. The topological polar surface area (TPSA) is 0 Å². The molecule has 0 heteroatoms. The fourth-order valence-corrected chi connectivity index (χ4v) is 2.80. The molecule has 0 radical (unpaired) electrons. The van der Waals surface area contributed by atoms with Gasteiger partial charge in [0.25, 0.3) is 0 Å². The Morgan fingerprint density at radius 1 is 0.667 bits per heavy atom. The molecule has 0 unspecified atom stereocenters. The first-order valence-corrected chi connectivity index (χ1v) is 7.70. The molecule has 0 saturated carbocycles. The first-order valence-electron chi connectivity index (χ1n) is 7.70. The molecule has 0 saturated heterocycles. The van der Waals surface area contributed by atoms with Crippen molar-refractivity contribution in [1.82, 2.24) is 0 Å². The Bertz CT molecular complexity index is 271. The van der Waals surface area contributed by atoms with Crippen molar-refractivity contribution in [3.63, 3.8) is 0 Å². The van der Waals surface area contributed by atoms with Crippen LogP contribution in [-0.4, -0.2) is 0 Å². The SMILES string of the molecule is CC1=C(C)C(C)=C(C)C1.CCC(CC)(CC)CC. The zero-order valence-corrected chi connectivity index (χ0v) is 14.0. The van der Waals surface area contributed by atoms with Gasteiger partial charge in [0.15, 0.2) is 0 Å². The highest BCUT2D eigenvalue weighted by molar-refractivity contribution is 5.43. The van der Waals surface area contributed by atoms with Gasteiger partial charge in [-0.05, 0) is 50.7 Å². The minimum atomic E-state index is 0.667. The third-order valence-corrected chi connectivity index (χ3v) is 5.37. The third-order valence-electron chi connectivity index (χ3n) is 5.37. The van der Waals surface area contributed by atoms with Crippen LogP contribution in [0.4, 0.5) is 0 Å². The van der Waals surface area contributed by atoms with Crippen LogP contribution in [0.5, 0.6) is 0 Å². The zero-order valence-electron chi connectivity index (χ0n) is 14.0. The van der Waals surface area contributed by atoms with Crippen molar-refractivity contribution in [3.05, 3.63) is 22.3 Å². The number of allylic oxidation sites excluding steroid dienone is 4. The standard InChI is InChI=1S/C9H14.C9H20/c1-6-5-7(2)9(4)8(6)3;1-5-9(6-2,7-3)8-4/h5H2,1-4H3;5-8H2,1-4H3. The number of hydrogen-bond acceptors (Lipinski definition) is 0. The largest absolute Gasteiger partial charge is 0.0661 e. The molecule has 0 aromatic carbocycles. The number of rotatable bonds is 4. The van der Waals surface area contributed by atoms with Crippen LogP contribution in [0.15, 0.2) is 22.3 Å². The van der Waals surface area contributed by atoms with E-state index in [1.807, 2.05) is 0 Å². The van der Waals surface area contributed by atoms with Crippen LogP contribution in [-0.2, 0) is 0 Å². The van der Waals surface area contributed by atoms with Crippen molar-refractivity contribution in [3.8, 4) is 0 Å². The van der Waals surface area contributed by atoms with Gasteiger partial charge < -0.3 is 0 Å². The molecule has 18 heavy (non-hydrogen) atoms. The minimum Gasteiger partial charge on any atom is -0.0661 e. The molecule has 106 valence electrons. The molecule has 0 nitrogen and oxygen atoms in total. The van der Waals surface area contributed by atoms with Gasteiger partial charge >= 0.3 is 0 Å². The van der Waals surface area contributed by atoms with Crippen LogP contribution in [0.3, 0.4) is 0 Å². The van der Waals surface area contributed by atoms with Crippen LogP contribution in [0, 0.1) is 5.41 Å². The van der Waals surface area contributed by atoms with Crippen LogP contribution in [0.1, 0.15) is 87.5 Å². The molecular weight excluding hydrogens is 216 g/mol. The van der Waals surface area contributed by atoms with Crippen LogP contribution < -0.4 is 0 Å². The maximum absolute atomic E-state index is 2.30. The molecule has 0 spiro atoms. The van der Waals surface area contributed by atoms with Crippen molar-refractivity contribution >= 4 is 0 Å². The van der Waals surface area contributed by atoms with E-state index in [0.717, 1.165) is 0 Å². The average Bonchev–Trinajstić information content (AvgIpc) is 2.61. The quantitative estimate of drug-likeness (QED) is 0.522. The van der Waals surface area contributed by atoms with Crippen molar-refractivity contribution in [2.75, 3.05) is 0 Å². The van der Waals surface area contributed by atoms with Gasteiger partial charge in [-0.2, -0.15) is 0 Å². The van der Waals surface area contributed by atoms with E-state index in [4.69, 9.17) is 0 Å².